The summed E-state index contributed by atoms with van der Waals surface area (Å²) >= 11 is 0. The fourth-order valence-electron chi connectivity index (χ4n) is 3.17. The molecule has 2 fully saturated rings. The van der Waals surface area contributed by atoms with Crippen LogP contribution in [0.5, 0.6) is 0 Å². The van der Waals surface area contributed by atoms with Crippen LogP contribution in [-0.4, -0.2) is 72.5 Å². The number of amides is 1. The monoisotopic (exact) mass is 292 g/mol. The van der Waals surface area contributed by atoms with E-state index in [1.54, 1.807) is 0 Å². The minimum atomic E-state index is -0.0279. The third-order valence-corrected chi connectivity index (χ3v) is 4.91. The van der Waals surface area contributed by atoms with Crippen molar-refractivity contribution in [3.63, 3.8) is 0 Å². The zero-order valence-electron chi connectivity index (χ0n) is 13.6. The summed E-state index contributed by atoms with van der Waals surface area (Å²) in [6.45, 7) is 7.84. The van der Waals surface area contributed by atoms with Crippen molar-refractivity contribution in [3.8, 4) is 6.07 Å². The van der Waals surface area contributed by atoms with Crippen molar-refractivity contribution in [1.29, 1.82) is 5.26 Å². The number of hydrogen-bond donors (Lipinski definition) is 0. The molecule has 1 amide bonds. The molecule has 0 aromatic heterocycles. The highest BCUT2D eigenvalue weighted by molar-refractivity contribution is 5.78. The van der Waals surface area contributed by atoms with Crippen molar-refractivity contribution >= 4 is 5.91 Å². The Kier molecular flexibility index (Phi) is 5.60. The lowest BCUT2D eigenvalue weighted by molar-refractivity contribution is -0.135. The standard InChI is InChI=1S/C16H28N4O/c1-13(2)15(11-17)19-7-9-20(10-8-19)16(21)12-18(3)14-5-4-6-14/h13-15H,4-10,12H2,1-3H3/t15-/m0/s1. The lowest BCUT2D eigenvalue weighted by Crippen LogP contribution is -2.55. The van der Waals surface area contributed by atoms with Crippen LogP contribution in [0, 0.1) is 17.2 Å². The molecule has 0 unspecified atom stereocenters. The fraction of sp³-hybridized carbons (Fsp3) is 0.875. The molecule has 1 atom stereocenters. The maximum Gasteiger partial charge on any atom is 0.236 e. The van der Waals surface area contributed by atoms with E-state index in [-0.39, 0.29) is 11.9 Å². The van der Waals surface area contributed by atoms with E-state index in [0.29, 0.717) is 18.5 Å². The average Bonchev–Trinajstić information content (AvgIpc) is 2.37. The molecule has 5 heteroatoms. The Bertz CT molecular complexity index is 392. The Morgan fingerprint density at radius 3 is 2.33 bits per heavy atom. The van der Waals surface area contributed by atoms with Gasteiger partial charge in [0.1, 0.15) is 6.04 Å². The van der Waals surface area contributed by atoms with E-state index >= 15 is 0 Å². The minimum Gasteiger partial charge on any atom is -0.339 e. The van der Waals surface area contributed by atoms with Gasteiger partial charge in [-0.05, 0) is 25.8 Å². The van der Waals surface area contributed by atoms with Gasteiger partial charge in [0.2, 0.25) is 5.91 Å². The number of nitriles is 1. The van der Waals surface area contributed by atoms with Gasteiger partial charge < -0.3 is 4.90 Å². The van der Waals surface area contributed by atoms with Gasteiger partial charge in [0.05, 0.1) is 12.6 Å². The van der Waals surface area contributed by atoms with Crippen LogP contribution in [0.3, 0.4) is 0 Å². The van der Waals surface area contributed by atoms with E-state index in [4.69, 9.17) is 0 Å². The maximum atomic E-state index is 12.3. The number of rotatable bonds is 5. The normalized spacial score (nSPS) is 22.2. The topological polar surface area (TPSA) is 50.6 Å². The Hall–Kier alpha value is -1.12. The average molecular weight is 292 g/mol. The van der Waals surface area contributed by atoms with Gasteiger partial charge in [0.25, 0.3) is 0 Å². The van der Waals surface area contributed by atoms with Gasteiger partial charge in [0.15, 0.2) is 0 Å². The van der Waals surface area contributed by atoms with Crippen LogP contribution in [0.2, 0.25) is 0 Å². The van der Waals surface area contributed by atoms with Crippen LogP contribution in [0.25, 0.3) is 0 Å². The first-order chi connectivity index (χ1) is 10.0. The summed E-state index contributed by atoms with van der Waals surface area (Å²) in [7, 11) is 2.06. The Labute approximate surface area is 128 Å². The van der Waals surface area contributed by atoms with Crippen LogP contribution in [0.15, 0.2) is 0 Å². The minimum absolute atomic E-state index is 0.0279. The first-order valence-electron chi connectivity index (χ1n) is 8.14. The molecule has 1 aliphatic carbocycles. The Morgan fingerprint density at radius 2 is 1.90 bits per heavy atom. The van der Waals surface area contributed by atoms with Crippen molar-refractivity contribution in [1.82, 2.24) is 14.7 Å². The molecule has 0 bridgehead atoms. The summed E-state index contributed by atoms with van der Waals surface area (Å²) in [5.74, 6) is 0.573. The second-order valence-corrected chi connectivity index (χ2v) is 6.73. The van der Waals surface area contributed by atoms with Crippen LogP contribution in [0.4, 0.5) is 0 Å². The van der Waals surface area contributed by atoms with Crippen LogP contribution in [0.1, 0.15) is 33.1 Å². The van der Waals surface area contributed by atoms with Gasteiger partial charge in [-0.1, -0.05) is 20.3 Å². The zero-order chi connectivity index (χ0) is 15.4. The summed E-state index contributed by atoms with van der Waals surface area (Å²) < 4.78 is 0. The van der Waals surface area contributed by atoms with Gasteiger partial charge in [-0.3, -0.25) is 14.6 Å². The molecular weight excluding hydrogens is 264 g/mol. The molecular formula is C16H28N4O. The predicted octanol–water partition coefficient (Wildman–Crippen LogP) is 1.16. The largest absolute Gasteiger partial charge is 0.339 e. The number of likely N-dealkylation sites (N-methyl/N-ethyl adjacent to an activating group) is 1. The van der Waals surface area contributed by atoms with Gasteiger partial charge >= 0.3 is 0 Å². The molecule has 0 aromatic rings. The molecule has 1 saturated carbocycles. The molecule has 0 spiro atoms. The second kappa shape index (κ2) is 7.24. The number of piperazine rings is 1. The van der Waals surface area contributed by atoms with Gasteiger partial charge in [-0.15, -0.1) is 0 Å². The fourth-order valence-corrected chi connectivity index (χ4v) is 3.17. The number of hydrogen-bond acceptors (Lipinski definition) is 4. The second-order valence-electron chi connectivity index (χ2n) is 6.73. The van der Waals surface area contributed by atoms with Gasteiger partial charge in [-0.2, -0.15) is 5.26 Å². The van der Waals surface area contributed by atoms with E-state index in [0.717, 1.165) is 26.2 Å². The molecule has 1 heterocycles. The van der Waals surface area contributed by atoms with Crippen LogP contribution in [-0.2, 0) is 4.79 Å². The van der Waals surface area contributed by atoms with Crippen molar-refractivity contribution < 1.29 is 4.79 Å². The molecule has 5 nitrogen and oxygen atoms in total. The Balaban J connectivity index is 1.77. The first-order valence-corrected chi connectivity index (χ1v) is 8.14. The molecule has 1 aliphatic heterocycles. The van der Waals surface area contributed by atoms with Crippen molar-refractivity contribution in [2.45, 2.75) is 45.2 Å². The van der Waals surface area contributed by atoms with Crippen LogP contribution < -0.4 is 0 Å². The highest BCUT2D eigenvalue weighted by Gasteiger charge is 2.29. The molecule has 118 valence electrons. The molecule has 1 saturated heterocycles. The lowest BCUT2D eigenvalue weighted by atomic mass is 9.92. The molecule has 2 aliphatic rings. The Morgan fingerprint density at radius 1 is 1.29 bits per heavy atom. The quantitative estimate of drug-likeness (QED) is 0.763. The summed E-state index contributed by atoms with van der Waals surface area (Å²) in [6.07, 6.45) is 3.76. The molecule has 21 heavy (non-hydrogen) atoms. The highest BCUT2D eigenvalue weighted by Crippen LogP contribution is 2.23. The van der Waals surface area contributed by atoms with E-state index in [1.165, 1.54) is 19.3 Å². The van der Waals surface area contributed by atoms with E-state index < -0.39 is 0 Å². The number of nitrogens with zero attached hydrogens (tertiary/aromatic N) is 4. The highest BCUT2D eigenvalue weighted by atomic mass is 16.2. The van der Waals surface area contributed by atoms with E-state index in [1.807, 2.05) is 4.90 Å². The van der Waals surface area contributed by atoms with Gasteiger partial charge in [-0.25, -0.2) is 0 Å². The molecule has 0 aromatic carbocycles. The van der Waals surface area contributed by atoms with Crippen molar-refractivity contribution in [2.24, 2.45) is 5.92 Å². The van der Waals surface area contributed by atoms with Crippen molar-refractivity contribution in [2.75, 3.05) is 39.8 Å². The smallest absolute Gasteiger partial charge is 0.236 e. The summed E-state index contributed by atoms with van der Waals surface area (Å²) in [6, 6.07) is 2.97. The number of carbonyl (C=O) groups excluding carboxylic acids is 1. The maximum absolute atomic E-state index is 12.3. The summed E-state index contributed by atoms with van der Waals surface area (Å²) in [5.41, 5.74) is 0. The lowest BCUT2D eigenvalue weighted by Gasteiger charge is -2.40. The van der Waals surface area contributed by atoms with Gasteiger partial charge in [0, 0.05) is 32.2 Å². The van der Waals surface area contributed by atoms with Crippen LogP contribution >= 0.6 is 0 Å². The van der Waals surface area contributed by atoms with E-state index in [9.17, 15) is 10.1 Å². The zero-order valence-corrected chi connectivity index (χ0v) is 13.6. The number of carbonyl (C=O) groups is 1. The summed E-state index contributed by atoms with van der Waals surface area (Å²) in [4.78, 5) is 18.7. The summed E-state index contributed by atoms with van der Waals surface area (Å²) in [5, 5.41) is 9.26. The van der Waals surface area contributed by atoms with E-state index in [2.05, 4.69) is 36.8 Å². The molecule has 0 radical (unpaired) electrons. The predicted molar refractivity (Wildman–Crippen MR) is 82.7 cm³/mol. The first kappa shape index (κ1) is 16.3. The van der Waals surface area contributed by atoms with Crippen molar-refractivity contribution in [3.05, 3.63) is 0 Å². The molecule has 0 N–H and O–H groups in total. The third kappa shape index (κ3) is 3.96. The molecule has 2 rings (SSSR count). The SMILES string of the molecule is CC(C)[C@H](C#N)N1CCN(C(=O)CN(C)C2CCC2)CC1. The third-order valence-electron chi connectivity index (χ3n) is 4.91.